The molecule has 4 rings (SSSR count). The van der Waals surface area contributed by atoms with Crippen LogP contribution in [0.1, 0.15) is 28.7 Å². The molecule has 12 heteroatoms. The first-order valence-corrected chi connectivity index (χ1v) is 10.1. The number of nitrogens with zero attached hydrogens (tertiary/aromatic N) is 4. The SMILES string of the molecule is CN(C)CCOC(=O)OCC1OC(n2cnc(C(N)=O)n2)[C@@H]2OC(c3ccccc3)OC12. The summed E-state index contributed by atoms with van der Waals surface area (Å²) in [6.45, 7) is 0.670. The van der Waals surface area contributed by atoms with E-state index in [9.17, 15) is 9.59 Å². The van der Waals surface area contributed by atoms with Crippen molar-refractivity contribution in [3.05, 3.63) is 48.0 Å². The van der Waals surface area contributed by atoms with E-state index in [0.29, 0.717) is 6.54 Å². The van der Waals surface area contributed by atoms with Crippen LogP contribution in [0.15, 0.2) is 36.7 Å². The van der Waals surface area contributed by atoms with E-state index in [-0.39, 0.29) is 19.0 Å². The van der Waals surface area contributed by atoms with Gasteiger partial charge in [0, 0.05) is 12.1 Å². The number of fused-ring (bicyclic) bond motifs is 1. The predicted octanol–water partition coefficient (Wildman–Crippen LogP) is 0.472. The fourth-order valence-electron chi connectivity index (χ4n) is 3.46. The van der Waals surface area contributed by atoms with E-state index < -0.39 is 42.9 Å². The zero-order valence-electron chi connectivity index (χ0n) is 17.7. The third-order valence-electron chi connectivity index (χ3n) is 5.03. The van der Waals surface area contributed by atoms with E-state index in [2.05, 4.69) is 10.1 Å². The summed E-state index contributed by atoms with van der Waals surface area (Å²) < 4.78 is 29.8. The molecule has 32 heavy (non-hydrogen) atoms. The molecule has 0 bridgehead atoms. The highest BCUT2D eigenvalue weighted by molar-refractivity contribution is 5.88. The molecule has 2 saturated heterocycles. The molecule has 2 aliphatic rings. The van der Waals surface area contributed by atoms with Gasteiger partial charge < -0.3 is 34.3 Å². The molecular formula is C20H25N5O7. The summed E-state index contributed by atoms with van der Waals surface area (Å²) in [5, 5.41) is 4.07. The standard InChI is InChI=1S/C20H25N5O7/c1-24(2)8-9-28-20(27)29-10-13-14-15(32-19(31-14)12-6-4-3-5-7-12)18(30-13)25-11-22-17(23-25)16(21)26/h3-7,11,13-15,18-19H,8-10H2,1-2H3,(H2,21,26)/t13?,14?,15-,18?,19?/m1/s1. The highest BCUT2D eigenvalue weighted by Crippen LogP contribution is 2.43. The molecule has 5 atom stereocenters. The Kier molecular flexibility index (Phi) is 6.65. The lowest BCUT2D eigenvalue weighted by Crippen LogP contribution is -2.33. The summed E-state index contributed by atoms with van der Waals surface area (Å²) in [5.74, 6) is -0.905. The van der Waals surface area contributed by atoms with Gasteiger partial charge in [-0.3, -0.25) is 4.79 Å². The van der Waals surface area contributed by atoms with Crippen LogP contribution < -0.4 is 5.73 Å². The molecule has 2 fully saturated rings. The van der Waals surface area contributed by atoms with Gasteiger partial charge in [0.1, 0.15) is 37.9 Å². The summed E-state index contributed by atoms with van der Waals surface area (Å²) in [5.41, 5.74) is 6.08. The Morgan fingerprint density at radius 1 is 1.12 bits per heavy atom. The number of ether oxygens (including phenoxy) is 5. The van der Waals surface area contributed by atoms with Gasteiger partial charge in [-0.15, -0.1) is 5.10 Å². The van der Waals surface area contributed by atoms with Crippen molar-refractivity contribution in [2.45, 2.75) is 30.8 Å². The maximum Gasteiger partial charge on any atom is 0.508 e. The normalized spacial score (nSPS) is 26.8. The highest BCUT2D eigenvalue weighted by atomic mass is 16.8. The molecule has 2 N–H and O–H groups in total. The Balaban J connectivity index is 1.45. The van der Waals surface area contributed by atoms with Crippen LogP contribution in [0.2, 0.25) is 0 Å². The lowest BCUT2D eigenvalue weighted by molar-refractivity contribution is -0.157. The van der Waals surface area contributed by atoms with Gasteiger partial charge in [-0.25, -0.2) is 14.5 Å². The molecule has 2 aliphatic heterocycles. The molecule has 1 aromatic carbocycles. The number of primary amides is 1. The molecule has 0 saturated carbocycles. The Labute approximate surface area is 184 Å². The number of rotatable bonds is 8. The second-order valence-electron chi connectivity index (χ2n) is 7.63. The molecular weight excluding hydrogens is 422 g/mol. The van der Waals surface area contributed by atoms with Crippen LogP contribution in [0.3, 0.4) is 0 Å². The van der Waals surface area contributed by atoms with Gasteiger partial charge in [-0.05, 0) is 14.1 Å². The largest absolute Gasteiger partial charge is 0.508 e. The van der Waals surface area contributed by atoms with Crippen molar-refractivity contribution in [3.63, 3.8) is 0 Å². The maximum absolute atomic E-state index is 11.9. The Bertz CT molecular complexity index is 937. The van der Waals surface area contributed by atoms with Crippen LogP contribution in [-0.4, -0.2) is 83.9 Å². The molecule has 2 aromatic rings. The number of carbonyl (C=O) groups excluding carboxylic acids is 2. The van der Waals surface area contributed by atoms with Crippen molar-refractivity contribution >= 4 is 12.1 Å². The van der Waals surface area contributed by atoms with Gasteiger partial charge in [0.15, 0.2) is 12.5 Å². The second-order valence-corrected chi connectivity index (χ2v) is 7.63. The van der Waals surface area contributed by atoms with E-state index >= 15 is 0 Å². The number of hydrogen-bond acceptors (Lipinski definition) is 10. The third kappa shape index (κ3) is 4.88. The summed E-state index contributed by atoms with van der Waals surface area (Å²) in [4.78, 5) is 29.1. The van der Waals surface area contributed by atoms with Crippen LogP contribution in [0.25, 0.3) is 0 Å². The van der Waals surface area contributed by atoms with E-state index in [1.807, 2.05) is 49.3 Å². The van der Waals surface area contributed by atoms with E-state index in [4.69, 9.17) is 29.4 Å². The number of benzene rings is 1. The van der Waals surface area contributed by atoms with Gasteiger partial charge in [-0.1, -0.05) is 30.3 Å². The first kappa shape index (κ1) is 22.1. The number of amides is 1. The molecule has 172 valence electrons. The quantitative estimate of drug-likeness (QED) is 0.568. The minimum absolute atomic E-state index is 0.110. The van der Waals surface area contributed by atoms with Crippen LogP contribution in [0.5, 0.6) is 0 Å². The molecule has 1 amide bonds. The van der Waals surface area contributed by atoms with Gasteiger partial charge in [0.25, 0.3) is 5.91 Å². The molecule has 1 aromatic heterocycles. The van der Waals surface area contributed by atoms with E-state index in [0.717, 1.165) is 5.56 Å². The van der Waals surface area contributed by atoms with Gasteiger partial charge in [-0.2, -0.15) is 0 Å². The van der Waals surface area contributed by atoms with E-state index in [1.165, 1.54) is 11.0 Å². The van der Waals surface area contributed by atoms with Crippen molar-refractivity contribution in [1.82, 2.24) is 19.7 Å². The average molecular weight is 447 g/mol. The zero-order chi connectivity index (χ0) is 22.7. The topological polar surface area (TPSA) is 140 Å². The highest BCUT2D eigenvalue weighted by Gasteiger charge is 2.54. The fraction of sp³-hybridized carbons (Fsp3) is 0.500. The van der Waals surface area contributed by atoms with E-state index in [1.54, 1.807) is 0 Å². The average Bonchev–Trinajstić information content (AvgIpc) is 3.48. The monoisotopic (exact) mass is 447 g/mol. The first-order valence-electron chi connectivity index (χ1n) is 10.1. The van der Waals surface area contributed by atoms with Gasteiger partial charge in [0.05, 0.1) is 0 Å². The minimum Gasteiger partial charge on any atom is -0.433 e. The Morgan fingerprint density at radius 2 is 1.88 bits per heavy atom. The molecule has 3 heterocycles. The van der Waals surface area contributed by atoms with Gasteiger partial charge >= 0.3 is 6.16 Å². The molecule has 0 radical (unpaired) electrons. The zero-order valence-corrected chi connectivity index (χ0v) is 17.7. The molecule has 4 unspecified atom stereocenters. The molecule has 0 spiro atoms. The van der Waals surface area contributed by atoms with Crippen LogP contribution >= 0.6 is 0 Å². The van der Waals surface area contributed by atoms with Gasteiger partial charge in [0.2, 0.25) is 5.82 Å². The van der Waals surface area contributed by atoms with Crippen LogP contribution in [0, 0.1) is 0 Å². The lowest BCUT2D eigenvalue weighted by Gasteiger charge is -2.20. The summed E-state index contributed by atoms with van der Waals surface area (Å²) in [6.07, 6.45) is -2.65. The minimum atomic E-state index is -0.800. The number of likely N-dealkylation sites (N-methyl/N-ethyl adjacent to an activating group) is 1. The molecule has 12 nitrogen and oxygen atoms in total. The smallest absolute Gasteiger partial charge is 0.433 e. The summed E-state index contributed by atoms with van der Waals surface area (Å²) in [6, 6.07) is 9.42. The van der Waals surface area contributed by atoms with Crippen molar-refractivity contribution in [2.75, 3.05) is 33.9 Å². The second kappa shape index (κ2) is 9.61. The summed E-state index contributed by atoms with van der Waals surface area (Å²) in [7, 11) is 3.74. The van der Waals surface area contributed by atoms with Crippen molar-refractivity contribution < 1.29 is 33.3 Å². The Morgan fingerprint density at radius 3 is 2.56 bits per heavy atom. The fourth-order valence-corrected chi connectivity index (χ4v) is 3.46. The Hall–Kier alpha value is -3.06. The maximum atomic E-state index is 11.9. The van der Waals surface area contributed by atoms with Crippen LogP contribution in [-0.2, 0) is 23.7 Å². The third-order valence-corrected chi connectivity index (χ3v) is 5.03. The van der Waals surface area contributed by atoms with Crippen molar-refractivity contribution in [3.8, 4) is 0 Å². The summed E-state index contributed by atoms with van der Waals surface area (Å²) >= 11 is 0. The lowest BCUT2D eigenvalue weighted by atomic mass is 10.1. The van der Waals surface area contributed by atoms with Crippen molar-refractivity contribution in [1.29, 1.82) is 0 Å². The number of nitrogens with two attached hydrogens (primary N) is 1. The first-order chi connectivity index (χ1) is 15.4. The van der Waals surface area contributed by atoms with Crippen LogP contribution in [0.4, 0.5) is 4.79 Å². The van der Waals surface area contributed by atoms with Crippen molar-refractivity contribution in [2.24, 2.45) is 5.73 Å². The predicted molar refractivity (Wildman–Crippen MR) is 107 cm³/mol. The number of hydrogen-bond donors (Lipinski definition) is 1. The molecule has 0 aliphatic carbocycles. The number of aromatic nitrogens is 3. The number of carbonyl (C=O) groups is 2.